The highest BCUT2D eigenvalue weighted by molar-refractivity contribution is 5.85. The van der Waals surface area contributed by atoms with Crippen molar-refractivity contribution in [2.45, 2.75) is 39.5 Å². The lowest BCUT2D eigenvalue weighted by atomic mass is 9.86. The second kappa shape index (κ2) is 9.18. The molecule has 8 nitrogen and oxygen atoms in total. The van der Waals surface area contributed by atoms with E-state index in [0.29, 0.717) is 5.56 Å². The Morgan fingerprint density at radius 2 is 1.93 bits per heavy atom. The van der Waals surface area contributed by atoms with E-state index in [0.717, 1.165) is 11.6 Å². The normalized spacial score (nSPS) is 11.4. The molecule has 2 rings (SSSR count). The molecule has 154 valence electrons. The molecule has 2 aromatic carbocycles. The second-order valence-corrected chi connectivity index (χ2v) is 7.49. The standard InChI is InChI=1S/C21H25N3O5/c1-5-29-18-11-15(10-17(20(18)26)24(27)28)13-22-23-19(25)12-14-6-8-16(9-7-14)21(2,3)4/h6-11,13,26H,5,12H2,1-4H3,(H,23,25)/b22-13-. The fourth-order valence-corrected chi connectivity index (χ4v) is 2.62. The summed E-state index contributed by atoms with van der Waals surface area (Å²) in [6.07, 6.45) is 1.41. The summed E-state index contributed by atoms with van der Waals surface area (Å²) in [4.78, 5) is 22.4. The van der Waals surface area contributed by atoms with Gasteiger partial charge >= 0.3 is 5.69 Å². The zero-order valence-electron chi connectivity index (χ0n) is 16.9. The number of aromatic hydroxyl groups is 1. The van der Waals surface area contributed by atoms with E-state index < -0.39 is 16.4 Å². The lowest BCUT2D eigenvalue weighted by molar-refractivity contribution is -0.386. The Kier molecular flexibility index (Phi) is 6.93. The van der Waals surface area contributed by atoms with Gasteiger partial charge in [0.05, 0.1) is 24.2 Å². The number of hydrogen-bond acceptors (Lipinski definition) is 6. The fourth-order valence-electron chi connectivity index (χ4n) is 2.62. The lowest BCUT2D eigenvalue weighted by Crippen LogP contribution is -2.20. The first-order chi connectivity index (χ1) is 13.6. The third-order valence-electron chi connectivity index (χ3n) is 4.16. The Labute approximate surface area is 169 Å². The molecule has 0 fully saturated rings. The molecule has 0 aliphatic carbocycles. The van der Waals surface area contributed by atoms with Gasteiger partial charge in [-0.15, -0.1) is 0 Å². The van der Waals surface area contributed by atoms with Gasteiger partial charge in [-0.3, -0.25) is 14.9 Å². The maximum Gasteiger partial charge on any atom is 0.315 e. The SMILES string of the molecule is CCOc1cc(/C=N\NC(=O)Cc2ccc(C(C)(C)C)cc2)cc([N+](=O)[O-])c1O. The van der Waals surface area contributed by atoms with Gasteiger partial charge in [0.25, 0.3) is 0 Å². The van der Waals surface area contributed by atoms with Gasteiger partial charge in [-0.2, -0.15) is 5.10 Å². The van der Waals surface area contributed by atoms with Crippen molar-refractivity contribution in [3.63, 3.8) is 0 Å². The quantitative estimate of drug-likeness (QED) is 0.419. The van der Waals surface area contributed by atoms with Crippen molar-refractivity contribution in [1.29, 1.82) is 0 Å². The van der Waals surface area contributed by atoms with Gasteiger partial charge in [0.15, 0.2) is 5.75 Å². The summed E-state index contributed by atoms with van der Waals surface area (Å²) in [5, 5.41) is 24.8. The average molecular weight is 399 g/mol. The van der Waals surface area contributed by atoms with Crippen molar-refractivity contribution in [3.8, 4) is 11.5 Å². The van der Waals surface area contributed by atoms with Crippen LogP contribution in [0.4, 0.5) is 5.69 Å². The third-order valence-corrected chi connectivity index (χ3v) is 4.16. The van der Waals surface area contributed by atoms with Crippen LogP contribution in [0.25, 0.3) is 0 Å². The fraction of sp³-hybridized carbons (Fsp3) is 0.333. The summed E-state index contributed by atoms with van der Waals surface area (Å²) in [5.41, 5.74) is 4.28. The molecule has 0 heterocycles. The molecule has 0 spiro atoms. The van der Waals surface area contributed by atoms with Crippen molar-refractivity contribution < 1.29 is 19.6 Å². The summed E-state index contributed by atoms with van der Waals surface area (Å²) in [7, 11) is 0. The van der Waals surface area contributed by atoms with Gasteiger partial charge in [-0.25, -0.2) is 5.43 Å². The third kappa shape index (κ3) is 6.03. The number of nitrogens with one attached hydrogen (secondary N) is 1. The van der Waals surface area contributed by atoms with Gasteiger partial charge in [0.2, 0.25) is 11.7 Å². The van der Waals surface area contributed by atoms with E-state index in [2.05, 4.69) is 31.3 Å². The lowest BCUT2D eigenvalue weighted by Gasteiger charge is -2.19. The molecule has 0 radical (unpaired) electrons. The zero-order chi connectivity index (χ0) is 21.6. The van der Waals surface area contributed by atoms with Crippen LogP contribution in [0.3, 0.4) is 0 Å². The van der Waals surface area contributed by atoms with Crippen LogP contribution < -0.4 is 10.2 Å². The van der Waals surface area contributed by atoms with Crippen LogP contribution in [0, 0.1) is 10.1 Å². The van der Waals surface area contributed by atoms with Crippen molar-refractivity contribution in [1.82, 2.24) is 5.43 Å². The highest BCUT2D eigenvalue weighted by Gasteiger charge is 2.19. The number of ether oxygens (including phenoxy) is 1. The summed E-state index contributed by atoms with van der Waals surface area (Å²) in [6.45, 7) is 8.28. The van der Waals surface area contributed by atoms with E-state index in [1.165, 1.54) is 17.8 Å². The van der Waals surface area contributed by atoms with Crippen molar-refractivity contribution in [2.24, 2.45) is 5.10 Å². The first kappa shape index (κ1) is 21.9. The highest BCUT2D eigenvalue weighted by atomic mass is 16.6. The van der Waals surface area contributed by atoms with E-state index in [-0.39, 0.29) is 30.1 Å². The number of carbonyl (C=O) groups is 1. The van der Waals surface area contributed by atoms with Crippen LogP contribution in [-0.4, -0.2) is 28.8 Å². The van der Waals surface area contributed by atoms with Crippen LogP contribution in [-0.2, 0) is 16.6 Å². The van der Waals surface area contributed by atoms with E-state index in [9.17, 15) is 20.0 Å². The summed E-state index contributed by atoms with van der Waals surface area (Å²) in [5.74, 6) is -0.881. The van der Waals surface area contributed by atoms with Gasteiger partial charge in [0.1, 0.15) is 0 Å². The minimum Gasteiger partial charge on any atom is -0.500 e. The molecule has 2 N–H and O–H groups in total. The summed E-state index contributed by atoms with van der Waals surface area (Å²) in [6, 6.07) is 10.4. The number of benzene rings is 2. The molecule has 0 unspecified atom stereocenters. The Morgan fingerprint density at radius 3 is 2.48 bits per heavy atom. The van der Waals surface area contributed by atoms with Crippen molar-refractivity contribution in [3.05, 3.63) is 63.2 Å². The Hall–Kier alpha value is -3.42. The number of hydrazone groups is 1. The molecule has 0 saturated carbocycles. The number of nitro groups is 1. The number of nitrogens with zero attached hydrogens (tertiary/aromatic N) is 2. The molecule has 0 saturated heterocycles. The van der Waals surface area contributed by atoms with Crippen LogP contribution in [0.15, 0.2) is 41.5 Å². The van der Waals surface area contributed by atoms with Crippen LogP contribution in [0.1, 0.15) is 44.4 Å². The topological polar surface area (TPSA) is 114 Å². The number of hydrogen-bond donors (Lipinski definition) is 2. The molecule has 1 amide bonds. The monoisotopic (exact) mass is 399 g/mol. The molecule has 2 aromatic rings. The Morgan fingerprint density at radius 1 is 1.28 bits per heavy atom. The maximum atomic E-state index is 12.1. The van der Waals surface area contributed by atoms with Gasteiger partial charge < -0.3 is 9.84 Å². The molecule has 0 bridgehead atoms. The Balaban J connectivity index is 2.05. The van der Waals surface area contributed by atoms with Crippen LogP contribution in [0.5, 0.6) is 11.5 Å². The number of amides is 1. The first-order valence-corrected chi connectivity index (χ1v) is 9.17. The minimum atomic E-state index is -0.713. The number of carbonyl (C=O) groups excluding carboxylic acids is 1. The van der Waals surface area contributed by atoms with E-state index in [1.807, 2.05) is 24.3 Å². The number of nitro benzene ring substituents is 1. The smallest absolute Gasteiger partial charge is 0.315 e. The van der Waals surface area contributed by atoms with Crippen LogP contribution >= 0.6 is 0 Å². The predicted molar refractivity (Wildman–Crippen MR) is 111 cm³/mol. The van der Waals surface area contributed by atoms with E-state index in [1.54, 1.807) is 6.92 Å². The average Bonchev–Trinajstić information content (AvgIpc) is 2.63. The van der Waals surface area contributed by atoms with Gasteiger partial charge in [-0.05, 0) is 29.5 Å². The minimum absolute atomic E-state index is 0.0200. The Bertz CT molecular complexity index is 915. The molecule has 0 aliphatic rings. The van der Waals surface area contributed by atoms with E-state index >= 15 is 0 Å². The predicted octanol–water partition coefficient (Wildman–Crippen LogP) is 3.69. The number of rotatable bonds is 7. The van der Waals surface area contributed by atoms with Crippen molar-refractivity contribution in [2.75, 3.05) is 6.61 Å². The molecule has 0 aliphatic heterocycles. The number of phenolic OH excluding ortho intramolecular Hbond substituents is 1. The molecule has 0 atom stereocenters. The zero-order valence-corrected chi connectivity index (χ0v) is 16.9. The van der Waals surface area contributed by atoms with Crippen LogP contribution in [0.2, 0.25) is 0 Å². The van der Waals surface area contributed by atoms with Gasteiger partial charge in [0, 0.05) is 11.6 Å². The largest absolute Gasteiger partial charge is 0.500 e. The molecule has 8 heteroatoms. The molecular weight excluding hydrogens is 374 g/mol. The molecule has 29 heavy (non-hydrogen) atoms. The first-order valence-electron chi connectivity index (χ1n) is 9.17. The summed E-state index contributed by atoms with van der Waals surface area (Å²) >= 11 is 0. The summed E-state index contributed by atoms with van der Waals surface area (Å²) < 4.78 is 5.20. The second-order valence-electron chi connectivity index (χ2n) is 7.49. The van der Waals surface area contributed by atoms with Crippen molar-refractivity contribution >= 4 is 17.8 Å². The maximum absolute atomic E-state index is 12.1. The van der Waals surface area contributed by atoms with Gasteiger partial charge in [-0.1, -0.05) is 45.0 Å². The number of phenols is 1. The molecular formula is C21H25N3O5. The highest BCUT2D eigenvalue weighted by Crippen LogP contribution is 2.36. The van der Waals surface area contributed by atoms with E-state index in [4.69, 9.17) is 4.74 Å². The molecule has 0 aromatic heterocycles.